The van der Waals surface area contributed by atoms with Crippen molar-refractivity contribution in [2.45, 2.75) is 26.9 Å². The second-order valence-corrected chi connectivity index (χ2v) is 5.79. The molecule has 20 heavy (non-hydrogen) atoms. The van der Waals surface area contributed by atoms with Gasteiger partial charge in [0.05, 0.1) is 17.3 Å². The van der Waals surface area contributed by atoms with E-state index in [2.05, 4.69) is 20.3 Å². The van der Waals surface area contributed by atoms with E-state index in [0.29, 0.717) is 30.0 Å². The first-order valence-corrected chi connectivity index (χ1v) is 6.98. The van der Waals surface area contributed by atoms with E-state index in [4.69, 9.17) is 5.73 Å². The van der Waals surface area contributed by atoms with Crippen LogP contribution in [0.15, 0.2) is 11.0 Å². The zero-order chi connectivity index (χ0) is 14.3. The highest BCUT2D eigenvalue weighted by Crippen LogP contribution is 2.25. The first-order valence-electron chi connectivity index (χ1n) is 6.16. The number of fused-ring (bicyclic) bond motifs is 1. The monoisotopic (exact) mass is 290 g/mol. The van der Waals surface area contributed by atoms with Gasteiger partial charge >= 0.3 is 0 Å². The lowest BCUT2D eigenvalue weighted by Crippen LogP contribution is -2.14. The maximum absolute atomic E-state index is 12.1. The van der Waals surface area contributed by atoms with E-state index in [1.807, 2.05) is 13.8 Å². The minimum absolute atomic E-state index is 0.106. The van der Waals surface area contributed by atoms with Crippen LogP contribution in [0.1, 0.15) is 22.0 Å². The number of hydrogen-bond donors (Lipinski definition) is 2. The van der Waals surface area contributed by atoms with E-state index >= 15 is 0 Å². The first-order chi connectivity index (χ1) is 9.58. The van der Waals surface area contributed by atoms with Crippen LogP contribution in [-0.4, -0.2) is 25.0 Å². The number of nitrogens with two attached hydrogens (primary N) is 1. The van der Waals surface area contributed by atoms with Gasteiger partial charge in [0.2, 0.25) is 0 Å². The third kappa shape index (κ3) is 2.12. The molecule has 0 aliphatic heterocycles. The standard InChI is InChI=1S/C12H14N6OS/c1-6-7(2)20-12-10(6)11(19)14-9(15-12)5-18-4-8(3-13)16-17-18/h4H,3,5,13H2,1-2H3,(H,14,15,19). The van der Waals surface area contributed by atoms with Crippen LogP contribution in [0.3, 0.4) is 0 Å². The number of aromatic amines is 1. The molecule has 3 heterocycles. The Morgan fingerprint density at radius 1 is 1.45 bits per heavy atom. The van der Waals surface area contributed by atoms with Crippen molar-refractivity contribution in [3.63, 3.8) is 0 Å². The van der Waals surface area contributed by atoms with Gasteiger partial charge in [-0.3, -0.25) is 4.79 Å². The molecule has 0 unspecified atom stereocenters. The van der Waals surface area contributed by atoms with E-state index in [0.717, 1.165) is 15.3 Å². The molecule has 104 valence electrons. The third-order valence-electron chi connectivity index (χ3n) is 3.20. The second-order valence-electron chi connectivity index (χ2n) is 4.59. The zero-order valence-electron chi connectivity index (χ0n) is 11.2. The number of hydrogen-bond acceptors (Lipinski definition) is 6. The third-order valence-corrected chi connectivity index (χ3v) is 4.30. The van der Waals surface area contributed by atoms with Crippen LogP contribution < -0.4 is 11.3 Å². The fourth-order valence-electron chi connectivity index (χ4n) is 2.04. The summed E-state index contributed by atoms with van der Waals surface area (Å²) < 4.78 is 1.61. The van der Waals surface area contributed by atoms with Crippen LogP contribution in [0.25, 0.3) is 10.2 Å². The SMILES string of the molecule is Cc1sc2nc(Cn3cc(CN)nn3)[nH]c(=O)c2c1C. The van der Waals surface area contributed by atoms with E-state index in [1.165, 1.54) is 11.3 Å². The van der Waals surface area contributed by atoms with Gasteiger partial charge in [0.15, 0.2) is 0 Å². The Balaban J connectivity index is 2.02. The zero-order valence-corrected chi connectivity index (χ0v) is 12.0. The lowest BCUT2D eigenvalue weighted by Gasteiger charge is -2.00. The quantitative estimate of drug-likeness (QED) is 0.739. The van der Waals surface area contributed by atoms with E-state index in [1.54, 1.807) is 10.9 Å². The summed E-state index contributed by atoms with van der Waals surface area (Å²) in [5.74, 6) is 0.567. The van der Waals surface area contributed by atoms with Crippen molar-refractivity contribution < 1.29 is 0 Å². The smallest absolute Gasteiger partial charge is 0.259 e. The number of aryl methyl sites for hydroxylation is 2. The Kier molecular flexibility index (Phi) is 3.11. The van der Waals surface area contributed by atoms with Crippen LogP contribution in [0.4, 0.5) is 0 Å². The summed E-state index contributed by atoms with van der Waals surface area (Å²) in [6.45, 7) is 4.64. The van der Waals surface area contributed by atoms with Gasteiger partial charge in [-0.2, -0.15) is 0 Å². The largest absolute Gasteiger partial charge is 0.325 e. The summed E-state index contributed by atoms with van der Waals surface area (Å²) in [5, 5.41) is 8.53. The second kappa shape index (κ2) is 4.80. The Labute approximate surface area is 118 Å². The molecule has 0 fully saturated rings. The molecule has 0 atom stereocenters. The van der Waals surface area contributed by atoms with Crippen LogP contribution in [-0.2, 0) is 13.1 Å². The summed E-state index contributed by atoms with van der Waals surface area (Å²) >= 11 is 1.53. The van der Waals surface area contributed by atoms with Crippen LogP contribution >= 0.6 is 11.3 Å². The lowest BCUT2D eigenvalue weighted by molar-refractivity contribution is 0.625. The molecule has 0 aliphatic rings. The van der Waals surface area contributed by atoms with Crippen molar-refractivity contribution in [2.24, 2.45) is 5.73 Å². The van der Waals surface area contributed by atoms with Crippen molar-refractivity contribution in [3.05, 3.63) is 38.5 Å². The van der Waals surface area contributed by atoms with Gasteiger partial charge in [0, 0.05) is 11.4 Å². The molecular weight excluding hydrogens is 276 g/mol. The fraction of sp³-hybridized carbons (Fsp3) is 0.333. The summed E-state index contributed by atoms with van der Waals surface area (Å²) in [6, 6.07) is 0. The molecule has 0 bridgehead atoms. The molecule has 0 aromatic carbocycles. The average Bonchev–Trinajstić information content (AvgIpc) is 2.95. The molecule has 0 spiro atoms. The number of H-pyrrole nitrogens is 1. The fourth-order valence-corrected chi connectivity index (χ4v) is 3.09. The predicted molar refractivity (Wildman–Crippen MR) is 76.7 cm³/mol. The summed E-state index contributed by atoms with van der Waals surface area (Å²) in [4.78, 5) is 21.3. The van der Waals surface area contributed by atoms with Gasteiger partial charge in [-0.15, -0.1) is 16.4 Å². The summed E-state index contributed by atoms with van der Waals surface area (Å²) in [6.07, 6.45) is 1.75. The van der Waals surface area contributed by atoms with Crippen LogP contribution in [0.2, 0.25) is 0 Å². The topological polar surface area (TPSA) is 102 Å². The van der Waals surface area contributed by atoms with Crippen molar-refractivity contribution in [2.75, 3.05) is 0 Å². The number of nitrogens with one attached hydrogen (secondary N) is 1. The molecular formula is C12H14N6OS. The first kappa shape index (κ1) is 12.9. The highest BCUT2D eigenvalue weighted by molar-refractivity contribution is 7.18. The van der Waals surface area contributed by atoms with Crippen molar-refractivity contribution >= 4 is 21.6 Å². The average molecular weight is 290 g/mol. The summed E-state index contributed by atoms with van der Waals surface area (Å²) in [7, 11) is 0. The molecule has 0 aliphatic carbocycles. The molecule has 3 aromatic heterocycles. The minimum Gasteiger partial charge on any atom is -0.325 e. The van der Waals surface area contributed by atoms with Gasteiger partial charge in [-0.1, -0.05) is 5.21 Å². The lowest BCUT2D eigenvalue weighted by atomic mass is 10.2. The molecule has 7 nitrogen and oxygen atoms in total. The Bertz CT molecular complexity index is 830. The molecule has 0 saturated heterocycles. The Morgan fingerprint density at radius 3 is 2.95 bits per heavy atom. The van der Waals surface area contributed by atoms with Gasteiger partial charge in [-0.25, -0.2) is 9.67 Å². The Hall–Kier alpha value is -2.06. The molecule has 0 saturated carbocycles. The van der Waals surface area contributed by atoms with Crippen molar-refractivity contribution in [3.8, 4) is 0 Å². The molecule has 0 amide bonds. The van der Waals surface area contributed by atoms with Gasteiger partial charge in [0.25, 0.3) is 5.56 Å². The molecule has 3 rings (SSSR count). The number of aromatic nitrogens is 5. The Morgan fingerprint density at radius 2 is 2.25 bits per heavy atom. The molecule has 0 radical (unpaired) electrons. The molecule has 3 N–H and O–H groups in total. The minimum atomic E-state index is -0.106. The number of thiophene rings is 1. The van der Waals surface area contributed by atoms with Gasteiger partial charge in [-0.05, 0) is 19.4 Å². The molecule has 8 heteroatoms. The van der Waals surface area contributed by atoms with E-state index in [9.17, 15) is 4.79 Å². The predicted octanol–water partition coefficient (Wildman–Crippen LogP) is 0.700. The van der Waals surface area contributed by atoms with Crippen LogP contribution in [0.5, 0.6) is 0 Å². The normalized spacial score (nSPS) is 11.3. The summed E-state index contributed by atoms with van der Waals surface area (Å²) in [5.41, 5.74) is 7.08. The van der Waals surface area contributed by atoms with Crippen molar-refractivity contribution in [1.82, 2.24) is 25.0 Å². The van der Waals surface area contributed by atoms with Crippen molar-refractivity contribution in [1.29, 1.82) is 0 Å². The molecule has 3 aromatic rings. The number of rotatable bonds is 3. The van der Waals surface area contributed by atoms with E-state index < -0.39 is 0 Å². The maximum atomic E-state index is 12.1. The number of nitrogens with zero attached hydrogens (tertiary/aromatic N) is 4. The maximum Gasteiger partial charge on any atom is 0.259 e. The highest BCUT2D eigenvalue weighted by atomic mass is 32.1. The van der Waals surface area contributed by atoms with E-state index in [-0.39, 0.29) is 5.56 Å². The van der Waals surface area contributed by atoms with Gasteiger partial charge < -0.3 is 10.7 Å². The van der Waals surface area contributed by atoms with Crippen LogP contribution in [0, 0.1) is 13.8 Å². The highest BCUT2D eigenvalue weighted by Gasteiger charge is 2.12. The van der Waals surface area contributed by atoms with Gasteiger partial charge in [0.1, 0.15) is 17.2 Å².